The molecule has 1 aliphatic heterocycles. The lowest BCUT2D eigenvalue weighted by molar-refractivity contribution is -0.180. The predicted octanol–water partition coefficient (Wildman–Crippen LogP) is 2.99. The van der Waals surface area contributed by atoms with Crippen molar-refractivity contribution >= 4 is 23.7 Å². The molecule has 5 nitrogen and oxygen atoms in total. The number of carbonyl (C=O) groups excluding carboxylic acids is 2. The van der Waals surface area contributed by atoms with Crippen LogP contribution in [0, 0.1) is 5.92 Å². The summed E-state index contributed by atoms with van der Waals surface area (Å²) < 4.78 is 16.7. The Bertz CT molecular complexity index is 572. The van der Waals surface area contributed by atoms with Crippen LogP contribution in [0.15, 0.2) is 30.3 Å². The molecule has 0 radical (unpaired) electrons. The highest BCUT2D eigenvalue weighted by atomic mass is 32.2. The molecule has 1 heterocycles. The minimum atomic E-state index is -0.584. The summed E-state index contributed by atoms with van der Waals surface area (Å²) in [5, 5.41) is 0.0144. The Kier molecular flexibility index (Phi) is 4.92. The van der Waals surface area contributed by atoms with Crippen LogP contribution >= 0.6 is 11.8 Å². The van der Waals surface area contributed by atoms with Gasteiger partial charge in [-0.1, -0.05) is 18.2 Å². The van der Waals surface area contributed by atoms with Crippen LogP contribution in [0.25, 0.3) is 0 Å². The summed E-state index contributed by atoms with van der Waals surface area (Å²) in [6.07, 6.45) is 1.16. The van der Waals surface area contributed by atoms with Gasteiger partial charge >= 0.3 is 11.9 Å². The van der Waals surface area contributed by atoms with Crippen LogP contribution in [0.1, 0.15) is 37.0 Å². The van der Waals surface area contributed by atoms with Gasteiger partial charge in [0.15, 0.2) is 0 Å². The van der Waals surface area contributed by atoms with Crippen LogP contribution in [0.5, 0.6) is 0 Å². The van der Waals surface area contributed by atoms with Gasteiger partial charge in [0.1, 0.15) is 11.5 Å². The summed E-state index contributed by atoms with van der Waals surface area (Å²) in [6, 6.07) is 8.94. The summed E-state index contributed by atoms with van der Waals surface area (Å²) in [6.45, 7) is 3.31. The lowest BCUT2D eigenvalue weighted by Crippen LogP contribution is -2.33. The van der Waals surface area contributed by atoms with Gasteiger partial charge < -0.3 is 14.2 Å². The molecular weight excluding hydrogens is 316 g/mol. The van der Waals surface area contributed by atoms with Crippen LogP contribution in [0.3, 0.4) is 0 Å². The molecule has 2 fully saturated rings. The number of benzene rings is 1. The van der Waals surface area contributed by atoms with Crippen LogP contribution in [0.2, 0.25) is 0 Å². The van der Waals surface area contributed by atoms with E-state index < -0.39 is 6.29 Å². The van der Waals surface area contributed by atoms with Gasteiger partial charge in [-0.2, -0.15) is 0 Å². The van der Waals surface area contributed by atoms with Crippen molar-refractivity contribution in [3.63, 3.8) is 0 Å². The second-order valence-electron chi connectivity index (χ2n) is 5.90. The van der Waals surface area contributed by atoms with E-state index in [9.17, 15) is 9.59 Å². The quantitative estimate of drug-likeness (QED) is 0.770. The summed E-state index contributed by atoms with van der Waals surface area (Å²) in [5.74, 6) is -0.383. The summed E-state index contributed by atoms with van der Waals surface area (Å²) in [5.41, 5.74) is 0.236. The second-order valence-corrected chi connectivity index (χ2v) is 7.38. The van der Waals surface area contributed by atoms with E-state index in [0.29, 0.717) is 11.5 Å². The van der Waals surface area contributed by atoms with Crippen LogP contribution in [-0.2, 0) is 19.0 Å². The average Bonchev–Trinajstić information content (AvgIpc) is 3.30. The van der Waals surface area contributed by atoms with E-state index in [1.807, 2.05) is 25.1 Å². The molecule has 4 atom stereocenters. The topological polar surface area (TPSA) is 61.8 Å². The Morgan fingerprint density at radius 1 is 1.26 bits per heavy atom. The molecule has 1 aliphatic carbocycles. The first-order valence-electron chi connectivity index (χ1n) is 7.79. The third kappa shape index (κ3) is 4.06. The van der Waals surface area contributed by atoms with E-state index >= 15 is 0 Å². The molecule has 1 aromatic rings. The molecule has 6 heteroatoms. The molecule has 0 amide bonds. The fraction of sp³-hybridized carbons (Fsp3) is 0.529. The van der Waals surface area contributed by atoms with Crippen LogP contribution < -0.4 is 0 Å². The number of hydrogen-bond acceptors (Lipinski definition) is 6. The number of ether oxygens (including phenoxy) is 3. The van der Waals surface area contributed by atoms with E-state index in [-0.39, 0.29) is 28.7 Å². The van der Waals surface area contributed by atoms with Gasteiger partial charge in [0, 0.05) is 6.92 Å². The smallest absolute Gasteiger partial charge is 0.338 e. The number of hydrogen-bond donors (Lipinski definition) is 0. The highest BCUT2D eigenvalue weighted by Gasteiger charge is 2.47. The van der Waals surface area contributed by atoms with Gasteiger partial charge in [0.25, 0.3) is 0 Å². The zero-order valence-corrected chi connectivity index (χ0v) is 14.0. The van der Waals surface area contributed by atoms with E-state index in [2.05, 4.69) is 0 Å². The van der Waals surface area contributed by atoms with E-state index in [0.717, 1.165) is 12.8 Å². The number of thioether (sulfide) groups is 1. The van der Waals surface area contributed by atoms with Crippen molar-refractivity contribution in [1.29, 1.82) is 0 Å². The van der Waals surface area contributed by atoms with Gasteiger partial charge in [0.2, 0.25) is 6.29 Å². The first-order valence-corrected chi connectivity index (χ1v) is 8.73. The minimum absolute atomic E-state index is 0.0144. The summed E-state index contributed by atoms with van der Waals surface area (Å²) in [7, 11) is 0. The van der Waals surface area contributed by atoms with Crippen molar-refractivity contribution in [1.82, 2.24) is 0 Å². The monoisotopic (exact) mass is 336 g/mol. The van der Waals surface area contributed by atoms with Gasteiger partial charge in [-0.25, -0.2) is 4.79 Å². The summed E-state index contributed by atoms with van der Waals surface area (Å²) in [4.78, 5) is 23.4. The molecule has 3 rings (SSSR count). The van der Waals surface area contributed by atoms with E-state index in [1.165, 1.54) is 6.92 Å². The molecule has 0 bridgehead atoms. The van der Waals surface area contributed by atoms with E-state index in [4.69, 9.17) is 14.2 Å². The molecule has 1 saturated heterocycles. The number of esters is 2. The lowest BCUT2D eigenvalue weighted by Gasteiger charge is -2.23. The molecule has 0 N–H and O–H groups in total. The maximum atomic E-state index is 12.3. The molecule has 0 spiro atoms. The van der Waals surface area contributed by atoms with Crippen LogP contribution in [0.4, 0.5) is 0 Å². The Morgan fingerprint density at radius 3 is 2.57 bits per heavy atom. The summed E-state index contributed by atoms with van der Waals surface area (Å²) >= 11 is 1.55. The van der Waals surface area contributed by atoms with E-state index in [1.54, 1.807) is 23.9 Å². The van der Waals surface area contributed by atoms with Crippen molar-refractivity contribution in [2.75, 3.05) is 0 Å². The zero-order chi connectivity index (χ0) is 16.4. The first kappa shape index (κ1) is 16.3. The largest absolute Gasteiger partial charge is 0.455 e. The SMILES string of the molecule is CC(=O)OC1O[C@H](C(OC(=O)c2ccccc2)C2CC2)S[C@H]1C. The fourth-order valence-corrected chi connectivity index (χ4v) is 3.83. The van der Waals surface area contributed by atoms with Crippen molar-refractivity contribution in [3.05, 3.63) is 35.9 Å². The van der Waals surface area contributed by atoms with Gasteiger partial charge in [-0.15, -0.1) is 11.8 Å². The maximum absolute atomic E-state index is 12.3. The van der Waals surface area contributed by atoms with Crippen molar-refractivity contribution in [2.45, 2.75) is 49.8 Å². The second kappa shape index (κ2) is 6.93. The standard InChI is InChI=1S/C17H20O5S/c1-10-16(20-11(2)18)22-17(23-10)14(12-8-9-12)21-15(19)13-6-4-3-5-7-13/h3-7,10,12,14,16-17H,8-9H2,1-2H3/t10-,14?,16?,17-/m0/s1. The number of rotatable bonds is 5. The zero-order valence-electron chi connectivity index (χ0n) is 13.1. The maximum Gasteiger partial charge on any atom is 0.338 e. The molecule has 2 aliphatic rings. The highest BCUT2D eigenvalue weighted by Crippen LogP contribution is 2.44. The Hall–Kier alpha value is -1.53. The van der Waals surface area contributed by atoms with Crippen molar-refractivity contribution in [3.8, 4) is 0 Å². The third-order valence-electron chi connectivity index (χ3n) is 3.89. The molecule has 1 saturated carbocycles. The first-order chi connectivity index (χ1) is 11.0. The molecule has 1 aromatic carbocycles. The Balaban J connectivity index is 1.66. The lowest BCUT2D eigenvalue weighted by atomic mass is 10.2. The molecule has 2 unspecified atom stereocenters. The van der Waals surface area contributed by atoms with Crippen molar-refractivity contribution < 1.29 is 23.8 Å². The highest BCUT2D eigenvalue weighted by molar-refractivity contribution is 8.00. The number of carbonyl (C=O) groups is 2. The van der Waals surface area contributed by atoms with Crippen LogP contribution in [-0.4, -0.2) is 35.0 Å². The average molecular weight is 336 g/mol. The molecule has 124 valence electrons. The van der Waals surface area contributed by atoms with Gasteiger partial charge in [-0.05, 0) is 37.8 Å². The Labute approximate surface area is 139 Å². The minimum Gasteiger partial charge on any atom is -0.455 e. The molecular formula is C17H20O5S. The molecule has 0 aromatic heterocycles. The third-order valence-corrected chi connectivity index (χ3v) is 5.19. The van der Waals surface area contributed by atoms with Gasteiger partial charge in [0.05, 0.1) is 10.8 Å². The predicted molar refractivity (Wildman–Crippen MR) is 85.8 cm³/mol. The Morgan fingerprint density at radius 2 is 1.96 bits per heavy atom. The fourth-order valence-electron chi connectivity index (χ4n) is 2.56. The molecule has 23 heavy (non-hydrogen) atoms. The van der Waals surface area contributed by atoms with Gasteiger partial charge in [-0.3, -0.25) is 4.79 Å². The normalized spacial score (nSPS) is 28.2. The van der Waals surface area contributed by atoms with Crippen molar-refractivity contribution in [2.24, 2.45) is 5.92 Å².